The van der Waals surface area contributed by atoms with Crippen molar-refractivity contribution in [2.75, 3.05) is 32.8 Å². The van der Waals surface area contributed by atoms with Crippen LogP contribution in [0.2, 0.25) is 0 Å². The van der Waals surface area contributed by atoms with Crippen molar-refractivity contribution in [2.24, 2.45) is 0 Å². The SMILES string of the molecule is Fc1ccc(C2CN(Cn3nc(CN4CCCC4)n(-c4ccccc4)c3=S)CCO2)cc1. The van der Waals surface area contributed by atoms with Crippen LogP contribution in [-0.2, 0) is 18.0 Å². The minimum atomic E-state index is -0.232. The van der Waals surface area contributed by atoms with E-state index < -0.39 is 0 Å². The third kappa shape index (κ3) is 4.68. The van der Waals surface area contributed by atoms with E-state index in [0.717, 1.165) is 43.3 Å². The van der Waals surface area contributed by atoms with Gasteiger partial charge in [-0.05, 0) is 68.0 Å². The average molecular weight is 454 g/mol. The van der Waals surface area contributed by atoms with Crippen LogP contribution in [0.15, 0.2) is 54.6 Å². The molecule has 2 saturated heterocycles. The molecule has 0 N–H and O–H groups in total. The molecule has 0 saturated carbocycles. The summed E-state index contributed by atoms with van der Waals surface area (Å²) in [5.41, 5.74) is 2.04. The monoisotopic (exact) mass is 453 g/mol. The zero-order chi connectivity index (χ0) is 21.9. The largest absolute Gasteiger partial charge is 0.371 e. The van der Waals surface area contributed by atoms with Gasteiger partial charge in [-0.2, -0.15) is 5.10 Å². The standard InChI is InChI=1S/C24H28FN5OS/c25-20-10-8-19(9-11-20)22-16-28(14-15-31-22)18-29-24(32)30(21-6-2-1-3-7-21)23(26-29)17-27-12-4-5-13-27/h1-3,6-11,22H,4-5,12-18H2. The van der Waals surface area contributed by atoms with Gasteiger partial charge in [0.2, 0.25) is 4.77 Å². The predicted octanol–water partition coefficient (Wildman–Crippen LogP) is 4.17. The van der Waals surface area contributed by atoms with Crippen molar-refractivity contribution in [3.05, 3.63) is 76.6 Å². The topological polar surface area (TPSA) is 38.5 Å². The van der Waals surface area contributed by atoms with Gasteiger partial charge in [0.05, 0.1) is 25.9 Å². The van der Waals surface area contributed by atoms with Crippen LogP contribution in [0.3, 0.4) is 0 Å². The van der Waals surface area contributed by atoms with Gasteiger partial charge in [0, 0.05) is 18.8 Å². The molecule has 1 unspecified atom stereocenters. The number of likely N-dealkylation sites (tertiary alicyclic amines) is 1. The van der Waals surface area contributed by atoms with Gasteiger partial charge in [-0.25, -0.2) is 9.07 Å². The number of morpholine rings is 1. The molecule has 0 aliphatic carbocycles. The molecular formula is C24H28FN5OS. The van der Waals surface area contributed by atoms with Gasteiger partial charge < -0.3 is 4.74 Å². The van der Waals surface area contributed by atoms with Crippen LogP contribution >= 0.6 is 12.2 Å². The van der Waals surface area contributed by atoms with E-state index in [1.165, 1.54) is 25.0 Å². The number of para-hydroxylation sites is 1. The number of aromatic nitrogens is 3. The highest BCUT2D eigenvalue weighted by Crippen LogP contribution is 2.23. The Kier molecular flexibility index (Phi) is 6.45. The smallest absolute Gasteiger partial charge is 0.203 e. The molecule has 0 amide bonds. The first kappa shape index (κ1) is 21.5. The molecule has 1 aromatic heterocycles. The summed E-state index contributed by atoms with van der Waals surface area (Å²) in [6.07, 6.45) is 2.40. The first-order valence-corrected chi connectivity index (χ1v) is 11.6. The molecule has 0 bridgehead atoms. The molecule has 3 heterocycles. The van der Waals surface area contributed by atoms with Crippen LogP contribution < -0.4 is 0 Å². The van der Waals surface area contributed by atoms with Crippen molar-refractivity contribution < 1.29 is 9.13 Å². The zero-order valence-electron chi connectivity index (χ0n) is 18.1. The number of halogens is 1. The quantitative estimate of drug-likeness (QED) is 0.524. The number of ether oxygens (including phenoxy) is 1. The highest BCUT2D eigenvalue weighted by Gasteiger charge is 2.24. The fourth-order valence-electron chi connectivity index (χ4n) is 4.52. The number of nitrogens with zero attached hydrogens (tertiary/aromatic N) is 5. The molecule has 8 heteroatoms. The highest BCUT2D eigenvalue weighted by molar-refractivity contribution is 7.71. The molecule has 1 atom stereocenters. The number of hydrogen-bond acceptors (Lipinski definition) is 5. The second-order valence-electron chi connectivity index (χ2n) is 8.48. The molecule has 2 aliphatic heterocycles. The van der Waals surface area contributed by atoms with E-state index in [4.69, 9.17) is 22.1 Å². The van der Waals surface area contributed by atoms with Gasteiger partial charge in [0.1, 0.15) is 5.82 Å². The van der Waals surface area contributed by atoms with E-state index >= 15 is 0 Å². The minimum absolute atomic E-state index is 0.0844. The van der Waals surface area contributed by atoms with Crippen molar-refractivity contribution in [3.63, 3.8) is 0 Å². The Labute approximate surface area is 192 Å². The fourth-order valence-corrected chi connectivity index (χ4v) is 4.83. The van der Waals surface area contributed by atoms with Gasteiger partial charge in [0.15, 0.2) is 5.82 Å². The summed E-state index contributed by atoms with van der Waals surface area (Å²) < 4.78 is 24.0. The maximum atomic E-state index is 13.3. The predicted molar refractivity (Wildman–Crippen MR) is 124 cm³/mol. The molecule has 3 aromatic rings. The molecule has 0 radical (unpaired) electrons. The Hall–Kier alpha value is -2.39. The second kappa shape index (κ2) is 9.62. The maximum Gasteiger partial charge on any atom is 0.203 e. The van der Waals surface area contributed by atoms with Crippen LogP contribution in [0, 0.1) is 10.6 Å². The minimum Gasteiger partial charge on any atom is -0.371 e. The third-order valence-corrected chi connectivity index (χ3v) is 6.60. The average Bonchev–Trinajstić information content (AvgIpc) is 3.43. The van der Waals surface area contributed by atoms with E-state index in [2.05, 4.69) is 26.5 Å². The number of rotatable bonds is 6. The summed E-state index contributed by atoms with van der Waals surface area (Å²) in [4.78, 5) is 4.75. The van der Waals surface area contributed by atoms with Crippen molar-refractivity contribution in [3.8, 4) is 5.69 Å². The summed E-state index contributed by atoms with van der Waals surface area (Å²) in [6, 6.07) is 16.8. The van der Waals surface area contributed by atoms with Crippen LogP contribution in [0.25, 0.3) is 5.69 Å². The van der Waals surface area contributed by atoms with Gasteiger partial charge in [-0.1, -0.05) is 30.3 Å². The van der Waals surface area contributed by atoms with Crippen molar-refractivity contribution in [1.82, 2.24) is 24.1 Å². The molecule has 32 heavy (non-hydrogen) atoms. The van der Waals surface area contributed by atoms with E-state index in [-0.39, 0.29) is 11.9 Å². The Morgan fingerprint density at radius 2 is 1.72 bits per heavy atom. The lowest BCUT2D eigenvalue weighted by Gasteiger charge is -2.32. The van der Waals surface area contributed by atoms with E-state index in [1.54, 1.807) is 12.1 Å². The molecular weight excluding hydrogens is 425 g/mol. The summed E-state index contributed by atoms with van der Waals surface area (Å²) in [5, 5.41) is 4.95. The van der Waals surface area contributed by atoms with E-state index in [9.17, 15) is 4.39 Å². The summed E-state index contributed by atoms with van der Waals surface area (Å²) in [7, 11) is 0. The van der Waals surface area contributed by atoms with Crippen molar-refractivity contribution in [2.45, 2.75) is 32.2 Å². The Bertz CT molecular complexity index is 1090. The summed E-state index contributed by atoms with van der Waals surface area (Å²) >= 11 is 5.89. The lowest BCUT2D eigenvalue weighted by Crippen LogP contribution is -2.39. The Balaban J connectivity index is 1.38. The summed E-state index contributed by atoms with van der Waals surface area (Å²) in [5.74, 6) is 0.746. The van der Waals surface area contributed by atoms with E-state index in [1.807, 2.05) is 22.9 Å². The highest BCUT2D eigenvalue weighted by atomic mass is 32.1. The number of hydrogen-bond donors (Lipinski definition) is 0. The molecule has 168 valence electrons. The van der Waals surface area contributed by atoms with Crippen LogP contribution in [-0.4, -0.2) is 56.9 Å². The lowest BCUT2D eigenvalue weighted by atomic mass is 10.1. The molecule has 2 aromatic carbocycles. The van der Waals surface area contributed by atoms with Crippen LogP contribution in [0.4, 0.5) is 4.39 Å². The Morgan fingerprint density at radius 3 is 2.47 bits per heavy atom. The summed E-state index contributed by atoms with van der Waals surface area (Å²) in [6.45, 7) is 5.76. The third-order valence-electron chi connectivity index (χ3n) is 6.21. The van der Waals surface area contributed by atoms with Gasteiger partial charge in [-0.3, -0.25) is 14.4 Å². The van der Waals surface area contributed by atoms with Crippen LogP contribution in [0.1, 0.15) is 30.3 Å². The van der Waals surface area contributed by atoms with Crippen molar-refractivity contribution >= 4 is 12.2 Å². The second-order valence-corrected chi connectivity index (χ2v) is 8.85. The molecule has 0 spiro atoms. The van der Waals surface area contributed by atoms with E-state index in [0.29, 0.717) is 24.6 Å². The molecule has 5 rings (SSSR count). The van der Waals surface area contributed by atoms with Gasteiger partial charge in [-0.15, -0.1) is 0 Å². The van der Waals surface area contributed by atoms with Crippen LogP contribution in [0.5, 0.6) is 0 Å². The maximum absolute atomic E-state index is 13.3. The molecule has 2 aliphatic rings. The normalized spacial score (nSPS) is 20.1. The zero-order valence-corrected chi connectivity index (χ0v) is 18.9. The van der Waals surface area contributed by atoms with Gasteiger partial charge >= 0.3 is 0 Å². The van der Waals surface area contributed by atoms with Crippen molar-refractivity contribution in [1.29, 1.82) is 0 Å². The van der Waals surface area contributed by atoms with Gasteiger partial charge in [0.25, 0.3) is 0 Å². The Morgan fingerprint density at radius 1 is 0.969 bits per heavy atom. The fraction of sp³-hybridized carbons (Fsp3) is 0.417. The molecule has 6 nitrogen and oxygen atoms in total. The first-order valence-electron chi connectivity index (χ1n) is 11.2. The number of benzene rings is 2. The lowest BCUT2D eigenvalue weighted by molar-refractivity contribution is -0.0419. The molecule has 2 fully saturated rings. The first-order chi connectivity index (χ1) is 15.7.